The van der Waals surface area contributed by atoms with E-state index < -0.39 is 0 Å². The summed E-state index contributed by atoms with van der Waals surface area (Å²) >= 11 is 0. The summed E-state index contributed by atoms with van der Waals surface area (Å²) in [7, 11) is 0. The van der Waals surface area contributed by atoms with Crippen LogP contribution in [0.4, 0.5) is 0 Å². The Labute approximate surface area is 218 Å². The van der Waals surface area contributed by atoms with Crippen LogP contribution in [-0.4, -0.2) is 0 Å². The maximum Gasteiger partial charge on any atom is 0.229 e. The highest BCUT2D eigenvalue weighted by Crippen LogP contribution is 2.29. The van der Waals surface area contributed by atoms with Crippen LogP contribution >= 0.6 is 0 Å². The maximum absolute atomic E-state index is 12.4. The Bertz CT molecular complexity index is 700. The second-order valence-electron chi connectivity index (χ2n) is 12.8. The molecule has 1 rings (SSSR count). The van der Waals surface area contributed by atoms with E-state index in [0.29, 0.717) is 5.41 Å². The molecule has 2 nitrogen and oxygen atoms in total. The van der Waals surface area contributed by atoms with E-state index in [0.717, 1.165) is 42.7 Å². The average molecular weight is 489 g/mol. The van der Waals surface area contributed by atoms with Gasteiger partial charge in [0.2, 0.25) is 10.9 Å². The molecule has 2 heteroatoms. The van der Waals surface area contributed by atoms with Gasteiger partial charge in [-0.1, -0.05) is 144 Å². The molecule has 1 atom stereocenters. The first-order chi connectivity index (χ1) is 16.7. The van der Waals surface area contributed by atoms with E-state index in [1.807, 2.05) is 0 Å². The minimum Gasteiger partial charge on any atom is -0.285 e. The van der Waals surface area contributed by atoms with Gasteiger partial charge in [-0.25, -0.2) is 0 Å². The monoisotopic (exact) mass is 488 g/mol. The van der Waals surface area contributed by atoms with Crippen LogP contribution in [0, 0.1) is 11.3 Å². The zero-order valence-electron chi connectivity index (χ0n) is 24.6. The van der Waals surface area contributed by atoms with Crippen LogP contribution in [-0.2, 0) is 6.42 Å². The molecule has 0 fully saturated rings. The summed E-state index contributed by atoms with van der Waals surface area (Å²) in [6.07, 6.45) is 25.5. The van der Waals surface area contributed by atoms with Gasteiger partial charge in [0.25, 0.3) is 0 Å². The summed E-state index contributed by atoms with van der Waals surface area (Å²) in [6.45, 7) is 13.5. The van der Waals surface area contributed by atoms with Gasteiger partial charge in [0.15, 0.2) is 0 Å². The largest absolute Gasteiger partial charge is 0.285 e. The van der Waals surface area contributed by atoms with Gasteiger partial charge in [-0.05, 0) is 42.9 Å². The first-order valence-electron chi connectivity index (χ1n) is 15.5. The van der Waals surface area contributed by atoms with E-state index in [9.17, 15) is 9.59 Å². The van der Waals surface area contributed by atoms with Gasteiger partial charge >= 0.3 is 0 Å². The summed E-state index contributed by atoms with van der Waals surface area (Å²) in [4.78, 5) is 24.7. The molecule has 0 aliphatic rings. The van der Waals surface area contributed by atoms with Crippen molar-refractivity contribution in [2.24, 2.45) is 11.3 Å². The Morgan fingerprint density at radius 1 is 0.600 bits per heavy atom. The fourth-order valence-electron chi connectivity index (χ4n) is 5.74. The first kappa shape index (κ1) is 32.1. The molecule has 1 aromatic carbocycles. The standard InChI is InChI=1S/C33H60O2/c1-7-9-11-13-15-17-22-28(23-18-16-14-12-10-8-2)24-19-25-29-30(32(35)31(29)34)27(3)21-20-26-33(4,5)6/h27-28H,7-26H2,1-6H3. The van der Waals surface area contributed by atoms with Gasteiger partial charge in [0.1, 0.15) is 0 Å². The van der Waals surface area contributed by atoms with Crippen molar-refractivity contribution in [3.63, 3.8) is 0 Å². The molecule has 0 amide bonds. The van der Waals surface area contributed by atoms with Gasteiger partial charge in [-0.2, -0.15) is 0 Å². The lowest BCUT2D eigenvalue weighted by Crippen LogP contribution is -2.41. The molecule has 0 spiro atoms. The van der Waals surface area contributed by atoms with Crippen LogP contribution < -0.4 is 10.9 Å². The van der Waals surface area contributed by atoms with Crippen LogP contribution in [0.1, 0.15) is 181 Å². The van der Waals surface area contributed by atoms with Crippen molar-refractivity contribution in [2.75, 3.05) is 0 Å². The summed E-state index contributed by atoms with van der Waals surface area (Å²) in [5, 5.41) is 0. The first-order valence-corrected chi connectivity index (χ1v) is 15.5. The van der Waals surface area contributed by atoms with Gasteiger partial charge in [0.05, 0.1) is 0 Å². The number of unbranched alkanes of at least 4 members (excludes halogenated alkanes) is 10. The second kappa shape index (κ2) is 18.3. The molecule has 0 aliphatic carbocycles. The van der Waals surface area contributed by atoms with Crippen molar-refractivity contribution in [1.82, 2.24) is 0 Å². The molecule has 0 saturated carbocycles. The van der Waals surface area contributed by atoms with Gasteiger partial charge < -0.3 is 0 Å². The number of hydrogen-bond acceptors (Lipinski definition) is 2. The van der Waals surface area contributed by atoms with Crippen molar-refractivity contribution >= 4 is 0 Å². The van der Waals surface area contributed by atoms with Crippen LogP contribution in [0.25, 0.3) is 0 Å². The number of rotatable bonds is 22. The predicted molar refractivity (Wildman–Crippen MR) is 155 cm³/mol. The van der Waals surface area contributed by atoms with Crippen LogP contribution in [0.3, 0.4) is 0 Å². The Morgan fingerprint density at radius 3 is 1.60 bits per heavy atom. The van der Waals surface area contributed by atoms with E-state index in [2.05, 4.69) is 41.5 Å². The highest BCUT2D eigenvalue weighted by Gasteiger charge is 2.25. The lowest BCUT2D eigenvalue weighted by molar-refractivity contribution is 0.354. The third-order valence-electron chi connectivity index (χ3n) is 8.08. The minimum absolute atomic E-state index is 0.175. The minimum atomic E-state index is -0.182. The molecular weight excluding hydrogens is 428 g/mol. The molecule has 1 aromatic rings. The second-order valence-corrected chi connectivity index (χ2v) is 12.8. The molecule has 0 N–H and O–H groups in total. The van der Waals surface area contributed by atoms with Crippen molar-refractivity contribution in [3.8, 4) is 0 Å². The zero-order chi connectivity index (χ0) is 26.1. The molecule has 0 heterocycles. The smallest absolute Gasteiger partial charge is 0.229 e. The molecule has 0 aromatic heterocycles. The van der Waals surface area contributed by atoms with Crippen molar-refractivity contribution in [1.29, 1.82) is 0 Å². The molecule has 0 aliphatic heterocycles. The molecule has 0 bridgehead atoms. The molecular formula is C33H60O2. The van der Waals surface area contributed by atoms with Gasteiger partial charge in [0, 0.05) is 11.1 Å². The molecule has 1 unspecified atom stereocenters. The predicted octanol–water partition coefficient (Wildman–Crippen LogP) is 10.0. The van der Waals surface area contributed by atoms with Crippen molar-refractivity contribution in [3.05, 3.63) is 31.6 Å². The van der Waals surface area contributed by atoms with E-state index in [4.69, 9.17) is 0 Å². The Kier molecular flexibility index (Phi) is 16.8. The zero-order valence-corrected chi connectivity index (χ0v) is 24.6. The van der Waals surface area contributed by atoms with E-state index in [1.54, 1.807) is 0 Å². The third kappa shape index (κ3) is 13.8. The molecule has 0 radical (unpaired) electrons. The van der Waals surface area contributed by atoms with Gasteiger partial charge in [-0.15, -0.1) is 0 Å². The van der Waals surface area contributed by atoms with Crippen molar-refractivity contribution < 1.29 is 0 Å². The topological polar surface area (TPSA) is 34.1 Å². The molecule has 35 heavy (non-hydrogen) atoms. The molecule has 0 saturated heterocycles. The lowest BCUT2D eigenvalue weighted by Gasteiger charge is -2.22. The quantitative estimate of drug-likeness (QED) is 0.120. The maximum atomic E-state index is 12.4. The normalized spacial score (nSPS) is 13.2. The van der Waals surface area contributed by atoms with Gasteiger partial charge in [-0.3, -0.25) is 9.59 Å². The highest BCUT2D eigenvalue weighted by atomic mass is 16.2. The Morgan fingerprint density at radius 2 is 1.09 bits per heavy atom. The fraction of sp³-hybridized carbons (Fsp3) is 0.879. The van der Waals surface area contributed by atoms with Crippen LogP contribution in [0.5, 0.6) is 0 Å². The summed E-state index contributed by atoms with van der Waals surface area (Å²) in [5.74, 6) is 1.03. The van der Waals surface area contributed by atoms with E-state index in [1.165, 1.54) is 103 Å². The Balaban J connectivity index is 2.52. The Hall–Kier alpha value is -0.920. The summed E-state index contributed by atoms with van der Waals surface area (Å²) in [5.41, 5.74) is 1.74. The highest BCUT2D eigenvalue weighted by molar-refractivity contribution is 5.35. The SMILES string of the molecule is CCCCCCCCC(CCCCCCCC)CCCc1c(C(C)CCCC(C)(C)C)c(=O)c1=O. The lowest BCUT2D eigenvalue weighted by atomic mass is 9.82. The molecule has 204 valence electrons. The van der Waals surface area contributed by atoms with E-state index >= 15 is 0 Å². The van der Waals surface area contributed by atoms with Crippen LogP contribution in [0.15, 0.2) is 9.59 Å². The average Bonchev–Trinajstić information content (AvgIpc) is 2.80. The summed E-state index contributed by atoms with van der Waals surface area (Å²) in [6, 6.07) is 0. The van der Waals surface area contributed by atoms with E-state index in [-0.39, 0.29) is 16.8 Å². The van der Waals surface area contributed by atoms with Crippen LogP contribution in [0.2, 0.25) is 0 Å². The summed E-state index contributed by atoms with van der Waals surface area (Å²) < 4.78 is 0. The fourth-order valence-corrected chi connectivity index (χ4v) is 5.74. The van der Waals surface area contributed by atoms with Crippen molar-refractivity contribution in [2.45, 2.75) is 176 Å². The third-order valence-corrected chi connectivity index (χ3v) is 8.08. The number of hydrogen-bond donors (Lipinski definition) is 0.